The summed E-state index contributed by atoms with van der Waals surface area (Å²) < 4.78 is 0. The molecule has 108 valence electrons. The zero-order chi connectivity index (χ0) is 15.2. The van der Waals surface area contributed by atoms with E-state index in [0.717, 1.165) is 0 Å². The van der Waals surface area contributed by atoms with Gasteiger partial charge in [-0.3, -0.25) is 4.79 Å². The number of amides is 1. The summed E-state index contributed by atoms with van der Waals surface area (Å²) in [6.45, 7) is 6.90. The Hall–Kier alpha value is -1.86. The molecule has 0 saturated carbocycles. The second-order valence-corrected chi connectivity index (χ2v) is 5.90. The SMILES string of the molecule is CN(CC(C)(C)C)C(=O)c1ncccc1C#CCCO. The zero-order valence-electron chi connectivity index (χ0n) is 12.6. The Labute approximate surface area is 120 Å². The van der Waals surface area contributed by atoms with Gasteiger partial charge in [0.25, 0.3) is 5.91 Å². The molecule has 0 radical (unpaired) electrons. The molecule has 20 heavy (non-hydrogen) atoms. The van der Waals surface area contributed by atoms with Gasteiger partial charge in [0.2, 0.25) is 0 Å². The molecule has 0 aliphatic carbocycles. The number of carbonyl (C=O) groups is 1. The van der Waals surface area contributed by atoms with E-state index in [1.807, 2.05) is 0 Å². The molecule has 0 fully saturated rings. The van der Waals surface area contributed by atoms with Crippen molar-refractivity contribution in [1.29, 1.82) is 0 Å². The molecular weight excluding hydrogens is 252 g/mol. The van der Waals surface area contributed by atoms with Crippen LogP contribution in [0.5, 0.6) is 0 Å². The number of hydrogen-bond donors (Lipinski definition) is 1. The standard InChI is InChI=1S/C16H22N2O2/c1-16(2,3)12-18(4)15(20)14-13(8-5-6-11-19)9-7-10-17-14/h7,9-10,19H,6,11-12H2,1-4H3. The Balaban J connectivity index is 2.96. The molecule has 1 aromatic heterocycles. The van der Waals surface area contributed by atoms with Crippen LogP contribution in [-0.4, -0.2) is 41.1 Å². The summed E-state index contributed by atoms with van der Waals surface area (Å²) in [5.41, 5.74) is 0.999. The van der Waals surface area contributed by atoms with Gasteiger partial charge in [-0.2, -0.15) is 0 Å². The van der Waals surface area contributed by atoms with Gasteiger partial charge < -0.3 is 10.0 Å². The number of aromatic nitrogens is 1. The monoisotopic (exact) mass is 274 g/mol. The van der Waals surface area contributed by atoms with E-state index in [2.05, 4.69) is 37.6 Å². The fourth-order valence-corrected chi connectivity index (χ4v) is 1.85. The molecule has 1 N–H and O–H groups in total. The Bertz CT molecular complexity index is 521. The largest absolute Gasteiger partial charge is 0.395 e. The van der Waals surface area contributed by atoms with Crippen LogP contribution in [0.1, 0.15) is 43.2 Å². The smallest absolute Gasteiger partial charge is 0.273 e. The van der Waals surface area contributed by atoms with Crippen LogP contribution < -0.4 is 0 Å². The molecule has 4 nitrogen and oxygen atoms in total. The lowest BCUT2D eigenvalue weighted by atomic mass is 9.96. The van der Waals surface area contributed by atoms with Gasteiger partial charge in [0.05, 0.1) is 12.2 Å². The van der Waals surface area contributed by atoms with Crippen LogP contribution in [0.25, 0.3) is 0 Å². The fraction of sp³-hybridized carbons (Fsp3) is 0.500. The van der Waals surface area contributed by atoms with Crippen LogP contribution in [0, 0.1) is 17.3 Å². The second-order valence-electron chi connectivity index (χ2n) is 5.90. The van der Waals surface area contributed by atoms with Gasteiger partial charge in [0, 0.05) is 26.2 Å². The maximum absolute atomic E-state index is 12.4. The van der Waals surface area contributed by atoms with Crippen molar-refractivity contribution in [1.82, 2.24) is 9.88 Å². The second kappa shape index (κ2) is 7.06. The minimum Gasteiger partial charge on any atom is -0.395 e. The summed E-state index contributed by atoms with van der Waals surface area (Å²) >= 11 is 0. The van der Waals surface area contributed by atoms with E-state index < -0.39 is 0 Å². The van der Waals surface area contributed by atoms with Crippen molar-refractivity contribution in [2.24, 2.45) is 5.41 Å². The summed E-state index contributed by atoms with van der Waals surface area (Å²) in [6, 6.07) is 3.53. The van der Waals surface area contributed by atoms with Crippen molar-refractivity contribution in [3.63, 3.8) is 0 Å². The third-order valence-corrected chi connectivity index (χ3v) is 2.53. The third-order valence-electron chi connectivity index (χ3n) is 2.53. The van der Waals surface area contributed by atoms with Gasteiger partial charge in [-0.1, -0.05) is 32.6 Å². The molecule has 0 unspecified atom stereocenters. The van der Waals surface area contributed by atoms with Crippen molar-refractivity contribution in [2.45, 2.75) is 27.2 Å². The van der Waals surface area contributed by atoms with E-state index in [1.165, 1.54) is 0 Å². The van der Waals surface area contributed by atoms with Gasteiger partial charge >= 0.3 is 0 Å². The Morgan fingerprint density at radius 3 is 2.75 bits per heavy atom. The average molecular weight is 274 g/mol. The highest BCUT2D eigenvalue weighted by Gasteiger charge is 2.21. The molecule has 0 atom stereocenters. The number of aliphatic hydroxyl groups excluding tert-OH is 1. The third kappa shape index (κ3) is 5.02. The van der Waals surface area contributed by atoms with Crippen molar-refractivity contribution in [2.75, 3.05) is 20.2 Å². The Morgan fingerprint density at radius 1 is 1.45 bits per heavy atom. The topological polar surface area (TPSA) is 53.4 Å². The quantitative estimate of drug-likeness (QED) is 0.857. The van der Waals surface area contributed by atoms with Gasteiger partial charge in [0.15, 0.2) is 0 Å². The van der Waals surface area contributed by atoms with E-state index in [9.17, 15) is 4.79 Å². The molecule has 4 heteroatoms. The molecule has 1 rings (SSSR count). The maximum Gasteiger partial charge on any atom is 0.273 e. The molecular formula is C16H22N2O2. The first-order valence-electron chi connectivity index (χ1n) is 6.65. The van der Waals surface area contributed by atoms with Gasteiger partial charge in [-0.05, 0) is 17.5 Å². The van der Waals surface area contributed by atoms with Crippen molar-refractivity contribution < 1.29 is 9.90 Å². The first-order valence-corrected chi connectivity index (χ1v) is 6.65. The minimum atomic E-state index is -0.131. The van der Waals surface area contributed by atoms with Crippen LogP contribution in [-0.2, 0) is 0 Å². The number of aliphatic hydroxyl groups is 1. The van der Waals surface area contributed by atoms with E-state index in [1.54, 1.807) is 30.3 Å². The molecule has 0 bridgehead atoms. The number of hydrogen-bond acceptors (Lipinski definition) is 3. The van der Waals surface area contributed by atoms with Crippen LogP contribution in [0.3, 0.4) is 0 Å². The summed E-state index contributed by atoms with van der Waals surface area (Å²) in [4.78, 5) is 18.2. The Kier molecular flexibility index (Phi) is 5.72. The molecule has 0 aliphatic rings. The number of pyridine rings is 1. The lowest BCUT2D eigenvalue weighted by Crippen LogP contribution is -2.35. The van der Waals surface area contributed by atoms with Crippen LogP contribution in [0.15, 0.2) is 18.3 Å². The lowest BCUT2D eigenvalue weighted by molar-refractivity contribution is 0.0739. The van der Waals surface area contributed by atoms with Gasteiger partial charge in [-0.15, -0.1) is 0 Å². The molecule has 1 heterocycles. The zero-order valence-corrected chi connectivity index (χ0v) is 12.6. The fourth-order valence-electron chi connectivity index (χ4n) is 1.85. The normalized spacial score (nSPS) is 10.7. The first kappa shape index (κ1) is 16.2. The predicted molar refractivity (Wildman–Crippen MR) is 79.2 cm³/mol. The predicted octanol–water partition coefficient (Wildman–Crippen LogP) is 1.93. The van der Waals surface area contributed by atoms with E-state index in [4.69, 9.17) is 5.11 Å². The molecule has 1 aromatic rings. The first-order chi connectivity index (χ1) is 9.35. The molecule has 0 aliphatic heterocycles. The highest BCUT2D eigenvalue weighted by atomic mass is 16.2. The summed E-state index contributed by atoms with van der Waals surface area (Å²) in [7, 11) is 1.77. The summed E-state index contributed by atoms with van der Waals surface area (Å²) in [6.07, 6.45) is 1.98. The number of nitrogens with zero attached hydrogens (tertiary/aromatic N) is 2. The Morgan fingerprint density at radius 2 is 2.15 bits per heavy atom. The number of rotatable bonds is 3. The minimum absolute atomic E-state index is 0.0144. The van der Waals surface area contributed by atoms with E-state index in [0.29, 0.717) is 24.2 Å². The van der Waals surface area contributed by atoms with Crippen molar-refractivity contribution >= 4 is 5.91 Å². The van der Waals surface area contributed by atoms with E-state index in [-0.39, 0.29) is 17.9 Å². The summed E-state index contributed by atoms with van der Waals surface area (Å²) in [5.74, 6) is 5.59. The molecule has 0 spiro atoms. The van der Waals surface area contributed by atoms with Crippen molar-refractivity contribution in [3.8, 4) is 11.8 Å². The summed E-state index contributed by atoms with van der Waals surface area (Å²) in [5, 5.41) is 8.75. The molecule has 1 amide bonds. The van der Waals surface area contributed by atoms with Crippen molar-refractivity contribution in [3.05, 3.63) is 29.6 Å². The van der Waals surface area contributed by atoms with Crippen LogP contribution in [0.2, 0.25) is 0 Å². The highest BCUT2D eigenvalue weighted by Crippen LogP contribution is 2.16. The van der Waals surface area contributed by atoms with E-state index >= 15 is 0 Å². The molecule has 0 aromatic carbocycles. The lowest BCUT2D eigenvalue weighted by Gasteiger charge is -2.26. The van der Waals surface area contributed by atoms with Gasteiger partial charge in [-0.25, -0.2) is 4.98 Å². The number of carbonyl (C=O) groups excluding carboxylic acids is 1. The maximum atomic E-state index is 12.4. The van der Waals surface area contributed by atoms with Crippen LogP contribution in [0.4, 0.5) is 0 Å². The average Bonchev–Trinajstić information content (AvgIpc) is 2.37. The van der Waals surface area contributed by atoms with Crippen LogP contribution >= 0.6 is 0 Å². The molecule has 0 saturated heterocycles. The highest BCUT2D eigenvalue weighted by molar-refractivity contribution is 5.94. The van der Waals surface area contributed by atoms with Gasteiger partial charge in [0.1, 0.15) is 5.69 Å².